The zero-order chi connectivity index (χ0) is 21.9. The number of halogens is 2. The number of anilines is 1. The normalized spacial score (nSPS) is 14.5. The lowest BCUT2D eigenvalue weighted by Gasteiger charge is -2.17. The summed E-state index contributed by atoms with van der Waals surface area (Å²) < 4.78 is 26.9. The minimum Gasteiger partial charge on any atom is -0.343 e. The summed E-state index contributed by atoms with van der Waals surface area (Å²) in [6, 6.07) is 9.15. The van der Waals surface area contributed by atoms with Gasteiger partial charge in [0.25, 0.3) is 5.91 Å². The Kier molecular flexibility index (Phi) is 7.02. The number of carbonyl (C=O) groups excluding carboxylic acids is 2. The summed E-state index contributed by atoms with van der Waals surface area (Å²) in [5.74, 6) is -1.02. The summed E-state index contributed by atoms with van der Waals surface area (Å²) in [5, 5.41) is 5.73. The van der Waals surface area contributed by atoms with E-state index in [9.17, 15) is 18.0 Å². The zero-order valence-corrected chi connectivity index (χ0v) is 18.6. The lowest BCUT2D eigenvalue weighted by Crippen LogP contribution is -2.33. The first-order valence-corrected chi connectivity index (χ1v) is 11.5. The molecule has 160 valence electrons. The molecule has 10 heteroatoms. The van der Waals surface area contributed by atoms with E-state index in [1.54, 1.807) is 25.1 Å². The molecule has 1 heterocycles. The molecule has 2 aromatic carbocycles. The highest BCUT2D eigenvalue weighted by atomic mass is 35.5. The van der Waals surface area contributed by atoms with Gasteiger partial charge in [-0.2, -0.15) is 4.31 Å². The third kappa shape index (κ3) is 4.95. The Bertz CT molecular complexity index is 1080. The van der Waals surface area contributed by atoms with Crippen molar-refractivity contribution in [3.63, 3.8) is 0 Å². The van der Waals surface area contributed by atoms with Crippen LogP contribution >= 0.6 is 23.2 Å². The van der Waals surface area contributed by atoms with Crippen molar-refractivity contribution >= 4 is 50.7 Å². The van der Waals surface area contributed by atoms with Gasteiger partial charge in [0.2, 0.25) is 15.9 Å². The third-order valence-electron chi connectivity index (χ3n) is 4.83. The van der Waals surface area contributed by atoms with Gasteiger partial charge < -0.3 is 10.6 Å². The fraction of sp³-hybridized carbons (Fsp3) is 0.300. The molecule has 0 saturated carbocycles. The zero-order valence-electron chi connectivity index (χ0n) is 16.2. The van der Waals surface area contributed by atoms with Gasteiger partial charge in [-0.05, 0) is 55.7 Å². The molecule has 0 radical (unpaired) electrons. The van der Waals surface area contributed by atoms with Crippen LogP contribution in [0.4, 0.5) is 5.69 Å². The Morgan fingerprint density at radius 3 is 2.47 bits per heavy atom. The summed E-state index contributed by atoms with van der Waals surface area (Å²) in [6.07, 6.45) is 1.58. The van der Waals surface area contributed by atoms with Crippen LogP contribution in [0.15, 0.2) is 41.3 Å². The highest BCUT2D eigenvalue weighted by Crippen LogP contribution is 2.28. The van der Waals surface area contributed by atoms with Crippen LogP contribution in [0.1, 0.15) is 28.8 Å². The van der Waals surface area contributed by atoms with E-state index in [4.69, 9.17) is 23.2 Å². The van der Waals surface area contributed by atoms with E-state index < -0.39 is 21.8 Å². The van der Waals surface area contributed by atoms with Gasteiger partial charge in [-0.15, -0.1) is 0 Å². The van der Waals surface area contributed by atoms with Gasteiger partial charge in [0, 0.05) is 29.4 Å². The first kappa shape index (κ1) is 22.6. The first-order valence-electron chi connectivity index (χ1n) is 9.33. The summed E-state index contributed by atoms with van der Waals surface area (Å²) in [7, 11) is -3.78. The molecular weight excluding hydrogens is 449 g/mol. The Hall–Kier alpha value is -2.13. The average molecular weight is 470 g/mol. The molecule has 2 N–H and O–H groups in total. The molecule has 1 aliphatic rings. The van der Waals surface area contributed by atoms with Crippen LogP contribution in [-0.2, 0) is 14.8 Å². The predicted molar refractivity (Wildman–Crippen MR) is 117 cm³/mol. The number of amides is 2. The molecule has 0 unspecified atom stereocenters. The Morgan fingerprint density at radius 2 is 1.77 bits per heavy atom. The average Bonchev–Trinajstić information content (AvgIpc) is 3.25. The van der Waals surface area contributed by atoms with Gasteiger partial charge >= 0.3 is 0 Å². The maximum Gasteiger partial charge on any atom is 0.251 e. The number of benzene rings is 2. The number of carbonyl (C=O) groups is 2. The summed E-state index contributed by atoms with van der Waals surface area (Å²) in [4.78, 5) is 24.5. The molecule has 0 bridgehead atoms. The molecule has 0 aliphatic carbocycles. The van der Waals surface area contributed by atoms with E-state index >= 15 is 0 Å². The van der Waals surface area contributed by atoms with E-state index in [1.807, 2.05) is 0 Å². The van der Waals surface area contributed by atoms with Crippen molar-refractivity contribution in [2.75, 3.05) is 25.0 Å². The molecule has 1 saturated heterocycles. The van der Waals surface area contributed by atoms with Crippen molar-refractivity contribution in [1.82, 2.24) is 9.62 Å². The number of rotatable bonds is 6. The quantitative estimate of drug-likeness (QED) is 0.676. The van der Waals surface area contributed by atoms with Gasteiger partial charge in [-0.1, -0.05) is 29.3 Å². The molecule has 0 atom stereocenters. The van der Waals surface area contributed by atoms with Crippen LogP contribution < -0.4 is 10.6 Å². The standard InChI is InChI=1S/C20H21Cl2N3O4S/c1-13-15(21)5-4-6-17(13)24-19(26)12-23-20(27)14-7-8-16(22)18(11-14)30(28,29)25-9-2-3-10-25/h4-8,11H,2-3,9-10,12H2,1H3,(H,23,27)(H,24,26). The highest BCUT2D eigenvalue weighted by Gasteiger charge is 2.29. The van der Waals surface area contributed by atoms with E-state index in [2.05, 4.69) is 10.6 Å². The molecule has 0 spiro atoms. The van der Waals surface area contributed by atoms with Gasteiger partial charge in [-0.25, -0.2) is 8.42 Å². The second kappa shape index (κ2) is 9.34. The van der Waals surface area contributed by atoms with Gasteiger partial charge in [0.1, 0.15) is 4.90 Å². The number of nitrogens with zero attached hydrogens (tertiary/aromatic N) is 1. The number of hydrogen-bond acceptors (Lipinski definition) is 4. The van der Waals surface area contributed by atoms with Gasteiger partial charge in [0.15, 0.2) is 0 Å². The van der Waals surface area contributed by atoms with Crippen LogP contribution in [0.25, 0.3) is 0 Å². The topological polar surface area (TPSA) is 95.6 Å². The number of hydrogen-bond donors (Lipinski definition) is 2. The molecule has 2 amide bonds. The molecule has 2 aromatic rings. The van der Waals surface area contributed by atoms with E-state index in [1.165, 1.54) is 22.5 Å². The minimum atomic E-state index is -3.78. The molecule has 1 aliphatic heterocycles. The van der Waals surface area contributed by atoms with Crippen LogP contribution in [0.5, 0.6) is 0 Å². The molecule has 0 aromatic heterocycles. The second-order valence-electron chi connectivity index (χ2n) is 6.90. The fourth-order valence-electron chi connectivity index (χ4n) is 3.11. The lowest BCUT2D eigenvalue weighted by molar-refractivity contribution is -0.115. The largest absolute Gasteiger partial charge is 0.343 e. The Balaban J connectivity index is 1.68. The summed E-state index contributed by atoms with van der Waals surface area (Å²) in [5.41, 5.74) is 1.37. The predicted octanol–water partition coefficient (Wildman–Crippen LogP) is 3.45. The molecular formula is C20H21Cl2N3O4S. The van der Waals surface area contributed by atoms with Crippen molar-refractivity contribution < 1.29 is 18.0 Å². The molecule has 7 nitrogen and oxygen atoms in total. The number of sulfonamides is 1. The van der Waals surface area contributed by atoms with Crippen molar-refractivity contribution in [3.8, 4) is 0 Å². The molecule has 1 fully saturated rings. The molecule has 3 rings (SSSR count). The number of nitrogens with one attached hydrogen (secondary N) is 2. The summed E-state index contributed by atoms with van der Waals surface area (Å²) in [6.45, 7) is 2.34. The Labute approximate surface area is 185 Å². The van der Waals surface area contributed by atoms with Crippen LogP contribution in [0, 0.1) is 6.92 Å². The van der Waals surface area contributed by atoms with Crippen LogP contribution in [0.3, 0.4) is 0 Å². The van der Waals surface area contributed by atoms with Crippen molar-refractivity contribution in [2.24, 2.45) is 0 Å². The van der Waals surface area contributed by atoms with Gasteiger partial charge in [0.05, 0.1) is 11.6 Å². The monoisotopic (exact) mass is 469 g/mol. The smallest absolute Gasteiger partial charge is 0.251 e. The first-order chi connectivity index (χ1) is 14.2. The van der Waals surface area contributed by atoms with Crippen LogP contribution in [-0.4, -0.2) is 44.2 Å². The van der Waals surface area contributed by atoms with E-state index in [-0.39, 0.29) is 22.0 Å². The maximum atomic E-state index is 12.8. The van der Waals surface area contributed by atoms with Gasteiger partial charge in [-0.3, -0.25) is 9.59 Å². The second-order valence-corrected chi connectivity index (χ2v) is 9.62. The van der Waals surface area contributed by atoms with E-state index in [0.29, 0.717) is 29.4 Å². The van der Waals surface area contributed by atoms with Crippen molar-refractivity contribution in [2.45, 2.75) is 24.7 Å². The fourth-order valence-corrected chi connectivity index (χ4v) is 5.30. The maximum absolute atomic E-state index is 12.8. The minimum absolute atomic E-state index is 0.0487. The molecule has 30 heavy (non-hydrogen) atoms. The van der Waals surface area contributed by atoms with Crippen molar-refractivity contribution in [1.29, 1.82) is 0 Å². The lowest BCUT2D eigenvalue weighted by atomic mass is 10.2. The summed E-state index contributed by atoms with van der Waals surface area (Å²) >= 11 is 12.1. The Morgan fingerprint density at radius 1 is 1.07 bits per heavy atom. The third-order valence-corrected chi connectivity index (χ3v) is 7.62. The van der Waals surface area contributed by atoms with E-state index in [0.717, 1.165) is 12.8 Å². The highest BCUT2D eigenvalue weighted by molar-refractivity contribution is 7.89. The van der Waals surface area contributed by atoms with Crippen LogP contribution in [0.2, 0.25) is 10.0 Å². The van der Waals surface area contributed by atoms with Crippen molar-refractivity contribution in [3.05, 3.63) is 57.6 Å². The SMILES string of the molecule is Cc1c(Cl)cccc1NC(=O)CNC(=O)c1ccc(Cl)c(S(=O)(=O)N2CCCC2)c1.